The van der Waals surface area contributed by atoms with Crippen LogP contribution in [-0.2, 0) is 6.61 Å². The summed E-state index contributed by atoms with van der Waals surface area (Å²) in [4.78, 5) is 20.7. The lowest BCUT2D eigenvalue weighted by Gasteiger charge is -2.13. The zero-order chi connectivity index (χ0) is 24.7. The highest BCUT2D eigenvalue weighted by atomic mass is 35.5. The van der Waals surface area contributed by atoms with E-state index in [2.05, 4.69) is 10.5 Å². The third-order valence-corrected chi connectivity index (χ3v) is 5.17. The van der Waals surface area contributed by atoms with Gasteiger partial charge in [0, 0.05) is 6.07 Å². The molecule has 12 heteroatoms. The lowest BCUT2D eigenvalue weighted by molar-refractivity contribution is -0.393. The van der Waals surface area contributed by atoms with Crippen molar-refractivity contribution in [2.75, 3.05) is 12.0 Å². The SMILES string of the molecule is CCOc1cc(/C=N\Nc2ccc([N+](=O)[O-])cc2[N+](=O)[O-])ccc1OCc1ccc(Cl)c(Cl)c1. The van der Waals surface area contributed by atoms with Crippen LogP contribution >= 0.6 is 23.2 Å². The van der Waals surface area contributed by atoms with Crippen molar-refractivity contribution in [1.29, 1.82) is 0 Å². The summed E-state index contributed by atoms with van der Waals surface area (Å²) in [6.45, 7) is 2.48. The predicted molar refractivity (Wildman–Crippen MR) is 129 cm³/mol. The molecule has 0 unspecified atom stereocenters. The van der Waals surface area contributed by atoms with E-state index in [4.69, 9.17) is 32.7 Å². The Kier molecular flexibility index (Phi) is 8.23. The summed E-state index contributed by atoms with van der Waals surface area (Å²) in [7, 11) is 0. The largest absolute Gasteiger partial charge is 0.490 e. The van der Waals surface area contributed by atoms with E-state index in [1.54, 1.807) is 36.4 Å². The first-order valence-corrected chi connectivity index (χ1v) is 10.6. The van der Waals surface area contributed by atoms with E-state index in [0.717, 1.165) is 17.7 Å². The van der Waals surface area contributed by atoms with Gasteiger partial charge in [0.2, 0.25) is 0 Å². The molecule has 10 nitrogen and oxygen atoms in total. The third-order valence-electron chi connectivity index (χ3n) is 4.43. The van der Waals surface area contributed by atoms with Gasteiger partial charge in [-0.05, 0) is 54.4 Å². The predicted octanol–water partition coefficient (Wildman–Crippen LogP) is 6.23. The maximum absolute atomic E-state index is 11.2. The van der Waals surface area contributed by atoms with Gasteiger partial charge in [-0.2, -0.15) is 5.10 Å². The smallest absolute Gasteiger partial charge is 0.301 e. The molecule has 0 radical (unpaired) electrons. The molecule has 0 heterocycles. The Hall–Kier alpha value is -3.89. The fraction of sp³-hybridized carbons (Fsp3) is 0.136. The van der Waals surface area contributed by atoms with Gasteiger partial charge in [-0.25, -0.2) is 0 Å². The Labute approximate surface area is 204 Å². The van der Waals surface area contributed by atoms with Crippen molar-refractivity contribution in [3.8, 4) is 11.5 Å². The fourth-order valence-corrected chi connectivity index (χ4v) is 3.16. The molecule has 0 aromatic heterocycles. The standard InChI is InChI=1S/C22H18Cl2N4O6/c1-2-33-22-10-14(4-8-21(22)34-13-15-3-6-17(23)18(24)9-15)12-25-26-19-7-5-16(27(29)30)11-20(19)28(31)32/h3-12,26H,2,13H2,1H3/b25-12-. The molecule has 0 aliphatic carbocycles. The van der Waals surface area contributed by atoms with Gasteiger partial charge in [0.1, 0.15) is 12.3 Å². The number of nitrogens with zero attached hydrogens (tertiary/aromatic N) is 3. The number of ether oxygens (including phenoxy) is 2. The molecule has 0 bridgehead atoms. The number of hydrogen-bond donors (Lipinski definition) is 1. The molecule has 176 valence electrons. The summed E-state index contributed by atoms with van der Waals surface area (Å²) < 4.78 is 11.5. The number of nitrogens with one attached hydrogen (secondary N) is 1. The van der Waals surface area contributed by atoms with Crippen molar-refractivity contribution in [1.82, 2.24) is 0 Å². The minimum atomic E-state index is -0.724. The van der Waals surface area contributed by atoms with Crippen LogP contribution in [0.25, 0.3) is 0 Å². The fourth-order valence-electron chi connectivity index (χ4n) is 2.84. The first kappa shape index (κ1) is 24.7. The summed E-state index contributed by atoms with van der Waals surface area (Å²) in [5, 5.41) is 27.0. The number of hydrogen-bond acceptors (Lipinski definition) is 8. The lowest BCUT2D eigenvalue weighted by atomic mass is 10.2. The topological polar surface area (TPSA) is 129 Å². The lowest BCUT2D eigenvalue weighted by Crippen LogP contribution is -2.01. The first-order chi connectivity index (χ1) is 16.3. The number of anilines is 1. The average molecular weight is 505 g/mol. The highest BCUT2D eigenvalue weighted by Crippen LogP contribution is 2.31. The van der Waals surface area contributed by atoms with Crippen LogP contribution in [0.1, 0.15) is 18.1 Å². The number of hydrazone groups is 1. The zero-order valence-corrected chi connectivity index (χ0v) is 19.2. The molecule has 3 aromatic carbocycles. The maximum atomic E-state index is 11.2. The number of rotatable bonds is 10. The average Bonchev–Trinajstić information content (AvgIpc) is 2.81. The van der Waals surface area contributed by atoms with Crippen LogP contribution < -0.4 is 14.9 Å². The molecule has 0 saturated carbocycles. The first-order valence-electron chi connectivity index (χ1n) is 9.84. The number of nitro benzene ring substituents is 2. The molecule has 0 aliphatic heterocycles. The molecule has 3 rings (SSSR count). The Balaban J connectivity index is 1.74. The second-order valence-corrected chi connectivity index (χ2v) is 7.58. The van der Waals surface area contributed by atoms with Gasteiger partial charge >= 0.3 is 5.69 Å². The van der Waals surface area contributed by atoms with Gasteiger partial charge in [0.15, 0.2) is 11.5 Å². The van der Waals surface area contributed by atoms with Gasteiger partial charge in [-0.1, -0.05) is 29.3 Å². The normalized spacial score (nSPS) is 10.8. The van der Waals surface area contributed by atoms with Crippen molar-refractivity contribution in [3.05, 3.63) is 96.0 Å². The van der Waals surface area contributed by atoms with Gasteiger partial charge in [0.25, 0.3) is 5.69 Å². The van der Waals surface area contributed by atoms with E-state index in [9.17, 15) is 20.2 Å². The number of non-ortho nitro benzene ring substituents is 1. The highest BCUT2D eigenvalue weighted by Gasteiger charge is 2.19. The Morgan fingerprint density at radius 2 is 1.74 bits per heavy atom. The van der Waals surface area contributed by atoms with Crippen LogP contribution in [0.3, 0.4) is 0 Å². The number of benzene rings is 3. The Bertz CT molecular complexity index is 1250. The summed E-state index contributed by atoms with van der Waals surface area (Å²) in [6.07, 6.45) is 1.43. The molecule has 0 fully saturated rings. The highest BCUT2D eigenvalue weighted by molar-refractivity contribution is 6.42. The van der Waals surface area contributed by atoms with Crippen LogP contribution in [0.15, 0.2) is 59.7 Å². The van der Waals surface area contributed by atoms with Crippen LogP contribution in [0.5, 0.6) is 11.5 Å². The van der Waals surface area contributed by atoms with E-state index in [-0.39, 0.29) is 18.0 Å². The molecule has 0 aliphatic rings. The molecular formula is C22H18Cl2N4O6. The number of halogens is 2. The molecule has 0 spiro atoms. The minimum absolute atomic E-state index is 0.0125. The zero-order valence-electron chi connectivity index (χ0n) is 17.7. The van der Waals surface area contributed by atoms with E-state index in [1.807, 2.05) is 6.92 Å². The quantitative estimate of drug-likeness (QED) is 0.196. The monoisotopic (exact) mass is 504 g/mol. The minimum Gasteiger partial charge on any atom is -0.490 e. The molecular weight excluding hydrogens is 487 g/mol. The summed E-state index contributed by atoms with van der Waals surface area (Å²) in [5.74, 6) is 0.983. The molecule has 0 atom stereocenters. The molecule has 3 aromatic rings. The molecule has 0 saturated heterocycles. The molecule has 0 amide bonds. The molecule has 1 N–H and O–H groups in total. The van der Waals surface area contributed by atoms with Gasteiger partial charge in [0.05, 0.1) is 38.8 Å². The molecule has 34 heavy (non-hydrogen) atoms. The van der Waals surface area contributed by atoms with Crippen molar-refractivity contribution >= 4 is 46.5 Å². The summed E-state index contributed by atoms with van der Waals surface area (Å²) in [5.41, 5.74) is 3.16. The van der Waals surface area contributed by atoms with Crippen molar-refractivity contribution in [2.45, 2.75) is 13.5 Å². The van der Waals surface area contributed by atoms with Crippen LogP contribution in [0.2, 0.25) is 10.0 Å². The summed E-state index contributed by atoms with van der Waals surface area (Å²) in [6, 6.07) is 13.6. The Morgan fingerprint density at radius 3 is 2.41 bits per heavy atom. The van der Waals surface area contributed by atoms with E-state index in [0.29, 0.717) is 33.7 Å². The maximum Gasteiger partial charge on any atom is 0.301 e. The van der Waals surface area contributed by atoms with E-state index < -0.39 is 15.5 Å². The third kappa shape index (κ3) is 6.33. The second-order valence-electron chi connectivity index (χ2n) is 6.76. The van der Waals surface area contributed by atoms with Crippen molar-refractivity contribution < 1.29 is 19.3 Å². The van der Waals surface area contributed by atoms with Gasteiger partial charge < -0.3 is 9.47 Å². The summed E-state index contributed by atoms with van der Waals surface area (Å²) >= 11 is 12.0. The Morgan fingerprint density at radius 1 is 0.941 bits per heavy atom. The van der Waals surface area contributed by atoms with Gasteiger partial charge in [-0.3, -0.25) is 25.7 Å². The van der Waals surface area contributed by atoms with Crippen LogP contribution in [0.4, 0.5) is 17.1 Å². The second kappa shape index (κ2) is 11.3. The van der Waals surface area contributed by atoms with Crippen molar-refractivity contribution in [2.24, 2.45) is 5.10 Å². The van der Waals surface area contributed by atoms with Gasteiger partial charge in [-0.15, -0.1) is 0 Å². The van der Waals surface area contributed by atoms with E-state index >= 15 is 0 Å². The van der Waals surface area contributed by atoms with Crippen LogP contribution in [-0.4, -0.2) is 22.7 Å². The number of nitro groups is 2. The van der Waals surface area contributed by atoms with E-state index in [1.165, 1.54) is 12.3 Å². The van der Waals surface area contributed by atoms with Crippen LogP contribution in [0, 0.1) is 20.2 Å². The van der Waals surface area contributed by atoms with Crippen molar-refractivity contribution in [3.63, 3.8) is 0 Å².